The second kappa shape index (κ2) is 9.43. The van der Waals surface area contributed by atoms with Gasteiger partial charge in [0.15, 0.2) is 11.6 Å². The van der Waals surface area contributed by atoms with Gasteiger partial charge in [0.25, 0.3) is 0 Å². The van der Waals surface area contributed by atoms with Gasteiger partial charge in [-0.25, -0.2) is 4.98 Å². The van der Waals surface area contributed by atoms with Crippen LogP contribution < -0.4 is 16.4 Å². The minimum Gasteiger partial charge on any atom is -0.364 e. The van der Waals surface area contributed by atoms with E-state index in [2.05, 4.69) is 38.3 Å². The average molecular weight is 424 g/mol. The van der Waals surface area contributed by atoms with Crippen molar-refractivity contribution < 1.29 is 4.79 Å². The van der Waals surface area contributed by atoms with Crippen LogP contribution in [0.2, 0.25) is 0 Å². The van der Waals surface area contributed by atoms with E-state index in [-0.39, 0.29) is 23.8 Å². The largest absolute Gasteiger partial charge is 0.364 e. The molecule has 0 aliphatic heterocycles. The van der Waals surface area contributed by atoms with Gasteiger partial charge < -0.3 is 16.4 Å². The third-order valence-corrected chi connectivity index (χ3v) is 5.03. The number of nitrogens with two attached hydrogens (primary N) is 1. The SMILES string of the molecule is CC(=O)c1ccccc1CNc1nc(NCC(C)N)nc2c(C(C)C)nn(C(C)C)c12. The fraction of sp³-hybridized carbons (Fsp3) is 0.478. The summed E-state index contributed by atoms with van der Waals surface area (Å²) < 4.78 is 1.97. The van der Waals surface area contributed by atoms with Crippen molar-refractivity contribution in [1.82, 2.24) is 19.7 Å². The molecule has 0 aliphatic rings. The number of hydrogen-bond acceptors (Lipinski definition) is 7. The van der Waals surface area contributed by atoms with Crippen LogP contribution in [0.25, 0.3) is 11.0 Å². The van der Waals surface area contributed by atoms with Crippen molar-refractivity contribution in [2.75, 3.05) is 17.2 Å². The molecule has 0 amide bonds. The van der Waals surface area contributed by atoms with Crippen LogP contribution in [-0.2, 0) is 6.54 Å². The van der Waals surface area contributed by atoms with Gasteiger partial charge in [-0.05, 0) is 39.2 Å². The Kier molecular flexibility index (Phi) is 6.90. The molecule has 1 aromatic carbocycles. The van der Waals surface area contributed by atoms with Crippen molar-refractivity contribution >= 4 is 28.6 Å². The molecule has 0 bridgehead atoms. The predicted molar refractivity (Wildman–Crippen MR) is 126 cm³/mol. The summed E-state index contributed by atoms with van der Waals surface area (Å²) in [5, 5.41) is 11.5. The van der Waals surface area contributed by atoms with Crippen LogP contribution in [0.15, 0.2) is 24.3 Å². The molecule has 2 aromatic heterocycles. The molecule has 8 nitrogen and oxygen atoms in total. The molecule has 0 aliphatic carbocycles. The number of nitrogens with zero attached hydrogens (tertiary/aromatic N) is 4. The zero-order valence-corrected chi connectivity index (χ0v) is 19.2. The third kappa shape index (κ3) is 5.02. The Morgan fingerprint density at radius 1 is 1.10 bits per heavy atom. The van der Waals surface area contributed by atoms with Gasteiger partial charge in [0.1, 0.15) is 11.0 Å². The summed E-state index contributed by atoms with van der Waals surface area (Å²) in [4.78, 5) is 21.5. The molecule has 3 rings (SSSR count). The third-order valence-electron chi connectivity index (χ3n) is 5.03. The van der Waals surface area contributed by atoms with Crippen molar-refractivity contribution in [2.45, 2.75) is 66.1 Å². The molecule has 4 N–H and O–H groups in total. The molecule has 166 valence electrons. The number of fused-ring (bicyclic) bond motifs is 1. The molecular formula is C23H33N7O. The fourth-order valence-electron chi connectivity index (χ4n) is 3.48. The summed E-state index contributed by atoms with van der Waals surface area (Å²) in [6, 6.07) is 7.73. The monoisotopic (exact) mass is 423 g/mol. The van der Waals surface area contributed by atoms with Gasteiger partial charge in [0.2, 0.25) is 5.95 Å². The first-order valence-corrected chi connectivity index (χ1v) is 10.8. The quantitative estimate of drug-likeness (QED) is 0.444. The summed E-state index contributed by atoms with van der Waals surface area (Å²) in [6.07, 6.45) is 0. The Bertz CT molecular complexity index is 1070. The highest BCUT2D eigenvalue weighted by atomic mass is 16.1. The van der Waals surface area contributed by atoms with E-state index in [1.807, 2.05) is 35.9 Å². The number of rotatable bonds is 9. The number of carbonyl (C=O) groups is 1. The number of anilines is 2. The summed E-state index contributed by atoms with van der Waals surface area (Å²) in [5.74, 6) is 1.45. The van der Waals surface area contributed by atoms with Gasteiger partial charge in [-0.1, -0.05) is 38.1 Å². The topological polar surface area (TPSA) is 111 Å². The van der Waals surface area contributed by atoms with E-state index in [1.165, 1.54) is 0 Å². The first-order valence-electron chi connectivity index (χ1n) is 10.8. The van der Waals surface area contributed by atoms with Gasteiger partial charge in [-0.15, -0.1) is 0 Å². The van der Waals surface area contributed by atoms with Crippen molar-refractivity contribution in [1.29, 1.82) is 0 Å². The van der Waals surface area contributed by atoms with Crippen molar-refractivity contribution in [3.8, 4) is 0 Å². The summed E-state index contributed by atoms with van der Waals surface area (Å²) >= 11 is 0. The molecular weight excluding hydrogens is 390 g/mol. The zero-order chi connectivity index (χ0) is 22.7. The number of Topliss-reactive ketones (excluding diaryl/α,β-unsaturated/α-hetero) is 1. The number of ketones is 1. The molecule has 3 aromatic rings. The molecule has 2 heterocycles. The Morgan fingerprint density at radius 3 is 2.42 bits per heavy atom. The normalized spacial score (nSPS) is 12.5. The Morgan fingerprint density at radius 2 is 1.81 bits per heavy atom. The molecule has 1 unspecified atom stereocenters. The van der Waals surface area contributed by atoms with E-state index in [0.717, 1.165) is 22.3 Å². The second-order valence-corrected chi connectivity index (χ2v) is 8.60. The molecule has 0 spiro atoms. The number of hydrogen-bond donors (Lipinski definition) is 3. The lowest BCUT2D eigenvalue weighted by Gasteiger charge is -2.15. The summed E-state index contributed by atoms with van der Waals surface area (Å²) in [6.45, 7) is 12.9. The van der Waals surface area contributed by atoms with Crippen LogP contribution in [-0.4, -0.2) is 38.1 Å². The van der Waals surface area contributed by atoms with E-state index < -0.39 is 0 Å². The van der Waals surface area contributed by atoms with E-state index in [9.17, 15) is 4.79 Å². The molecule has 0 saturated carbocycles. The highest BCUT2D eigenvalue weighted by molar-refractivity contribution is 5.95. The lowest BCUT2D eigenvalue weighted by atomic mass is 10.0. The highest BCUT2D eigenvalue weighted by Gasteiger charge is 2.22. The van der Waals surface area contributed by atoms with E-state index >= 15 is 0 Å². The predicted octanol–water partition coefficient (Wildman–Crippen LogP) is 4.10. The average Bonchev–Trinajstić information content (AvgIpc) is 3.11. The van der Waals surface area contributed by atoms with Crippen LogP contribution in [0, 0.1) is 0 Å². The lowest BCUT2D eigenvalue weighted by molar-refractivity contribution is 0.101. The second-order valence-electron chi connectivity index (χ2n) is 8.60. The van der Waals surface area contributed by atoms with Crippen molar-refractivity contribution in [3.05, 3.63) is 41.1 Å². The summed E-state index contributed by atoms with van der Waals surface area (Å²) in [7, 11) is 0. The highest BCUT2D eigenvalue weighted by Crippen LogP contribution is 2.31. The van der Waals surface area contributed by atoms with Gasteiger partial charge in [-0.2, -0.15) is 10.1 Å². The van der Waals surface area contributed by atoms with Crippen LogP contribution in [0.5, 0.6) is 0 Å². The minimum absolute atomic E-state index is 0.0268. The van der Waals surface area contributed by atoms with Crippen molar-refractivity contribution in [2.24, 2.45) is 5.73 Å². The van der Waals surface area contributed by atoms with E-state index in [4.69, 9.17) is 20.8 Å². The Hall–Kier alpha value is -3.00. The smallest absolute Gasteiger partial charge is 0.225 e. The standard InChI is InChI=1S/C23H33N7O/c1-13(2)19-20-21(30(29-19)14(3)4)22(28-23(27-20)26-11-15(5)24)25-12-17-9-7-8-10-18(17)16(6)31/h7-10,13-15H,11-12,24H2,1-6H3,(H2,25,26,27,28). The minimum atomic E-state index is -0.0268. The zero-order valence-electron chi connectivity index (χ0n) is 19.2. The van der Waals surface area contributed by atoms with Gasteiger partial charge in [-0.3, -0.25) is 9.48 Å². The first-order chi connectivity index (χ1) is 14.7. The van der Waals surface area contributed by atoms with Crippen LogP contribution >= 0.6 is 0 Å². The fourth-order valence-corrected chi connectivity index (χ4v) is 3.48. The Labute approximate surface area is 183 Å². The van der Waals surface area contributed by atoms with E-state index in [1.54, 1.807) is 6.92 Å². The van der Waals surface area contributed by atoms with Gasteiger partial charge >= 0.3 is 0 Å². The van der Waals surface area contributed by atoms with Gasteiger partial charge in [0, 0.05) is 30.7 Å². The Balaban J connectivity index is 2.10. The van der Waals surface area contributed by atoms with E-state index in [0.29, 0.717) is 30.4 Å². The first kappa shape index (κ1) is 22.7. The molecule has 31 heavy (non-hydrogen) atoms. The summed E-state index contributed by atoms with van der Waals surface area (Å²) in [5.41, 5.74) is 10.2. The molecule has 0 saturated heterocycles. The van der Waals surface area contributed by atoms with Crippen molar-refractivity contribution in [3.63, 3.8) is 0 Å². The number of aromatic nitrogens is 4. The van der Waals surface area contributed by atoms with Crippen LogP contribution in [0.1, 0.15) is 75.1 Å². The molecule has 0 radical (unpaired) electrons. The number of benzene rings is 1. The number of carbonyl (C=O) groups excluding carboxylic acids is 1. The lowest BCUT2D eigenvalue weighted by Crippen LogP contribution is -2.26. The van der Waals surface area contributed by atoms with Gasteiger partial charge in [0.05, 0.1) is 5.69 Å². The number of nitrogens with one attached hydrogen (secondary N) is 2. The maximum Gasteiger partial charge on any atom is 0.225 e. The van der Waals surface area contributed by atoms with Crippen LogP contribution in [0.3, 0.4) is 0 Å². The van der Waals surface area contributed by atoms with Crippen LogP contribution in [0.4, 0.5) is 11.8 Å². The molecule has 1 atom stereocenters. The maximum absolute atomic E-state index is 12.0. The maximum atomic E-state index is 12.0. The molecule has 8 heteroatoms. The molecule has 0 fully saturated rings.